The third kappa shape index (κ3) is 3.30. The zero-order valence-corrected chi connectivity index (χ0v) is 11.0. The predicted molar refractivity (Wildman–Crippen MR) is 68.7 cm³/mol. The van der Waals surface area contributed by atoms with Gasteiger partial charge in [-0.05, 0) is 24.3 Å². The Hall–Kier alpha value is -1.35. The third-order valence-corrected chi connectivity index (χ3v) is 3.02. The maximum absolute atomic E-state index is 11.6. The van der Waals surface area contributed by atoms with Crippen LogP contribution in [0.5, 0.6) is 0 Å². The molecule has 0 bridgehead atoms. The lowest BCUT2D eigenvalue weighted by atomic mass is 9.75. The van der Waals surface area contributed by atoms with Gasteiger partial charge in [-0.25, -0.2) is 0 Å². The van der Waals surface area contributed by atoms with Crippen LogP contribution >= 0.6 is 0 Å². The first kappa shape index (κ1) is 13.7. The second kappa shape index (κ2) is 4.88. The van der Waals surface area contributed by atoms with Crippen molar-refractivity contribution < 1.29 is 9.53 Å². The number of benzene rings is 1. The summed E-state index contributed by atoms with van der Waals surface area (Å²) in [5.74, 6) is -0.374. The highest BCUT2D eigenvalue weighted by molar-refractivity contribution is 5.80. The van der Waals surface area contributed by atoms with Gasteiger partial charge in [-0.3, -0.25) is 4.79 Å². The monoisotopic (exact) mass is 235 g/mol. The zero-order chi connectivity index (χ0) is 13.1. The molecular formula is C14H21NO2. The fraction of sp³-hybridized carbons (Fsp3) is 0.500. The van der Waals surface area contributed by atoms with E-state index in [1.54, 1.807) is 6.92 Å². The normalized spacial score (nSPS) is 15.1. The van der Waals surface area contributed by atoms with E-state index in [-0.39, 0.29) is 11.4 Å². The second-order valence-corrected chi connectivity index (χ2v) is 5.34. The standard InChI is InChI=1S/C14H21NO2/c1-13(2,11-8-6-5-7-9-11)10-14(3,15)12(16)17-4/h5-9H,10,15H2,1-4H3. The average Bonchev–Trinajstić information content (AvgIpc) is 2.27. The van der Waals surface area contributed by atoms with Gasteiger partial charge in [0.25, 0.3) is 0 Å². The minimum absolute atomic E-state index is 0.168. The van der Waals surface area contributed by atoms with Crippen molar-refractivity contribution in [2.75, 3.05) is 7.11 Å². The fourth-order valence-corrected chi connectivity index (χ4v) is 2.21. The molecule has 0 saturated heterocycles. The molecule has 0 radical (unpaired) electrons. The van der Waals surface area contributed by atoms with Crippen molar-refractivity contribution in [2.24, 2.45) is 5.73 Å². The molecular weight excluding hydrogens is 214 g/mol. The van der Waals surface area contributed by atoms with Crippen LogP contribution in [0.2, 0.25) is 0 Å². The van der Waals surface area contributed by atoms with E-state index < -0.39 is 5.54 Å². The molecule has 94 valence electrons. The lowest BCUT2D eigenvalue weighted by molar-refractivity contribution is -0.147. The highest BCUT2D eigenvalue weighted by Crippen LogP contribution is 2.31. The minimum Gasteiger partial charge on any atom is -0.468 e. The van der Waals surface area contributed by atoms with Crippen LogP contribution < -0.4 is 5.73 Å². The van der Waals surface area contributed by atoms with Crippen LogP contribution in [0.25, 0.3) is 0 Å². The van der Waals surface area contributed by atoms with Gasteiger partial charge in [0.1, 0.15) is 5.54 Å². The highest BCUT2D eigenvalue weighted by Gasteiger charge is 2.36. The number of rotatable bonds is 4. The number of methoxy groups -OCH3 is 1. The number of hydrogen-bond donors (Lipinski definition) is 1. The maximum atomic E-state index is 11.6. The van der Waals surface area contributed by atoms with Gasteiger partial charge in [0, 0.05) is 0 Å². The van der Waals surface area contributed by atoms with Gasteiger partial charge >= 0.3 is 5.97 Å². The molecule has 0 aliphatic carbocycles. The number of carbonyl (C=O) groups is 1. The maximum Gasteiger partial charge on any atom is 0.325 e. The van der Waals surface area contributed by atoms with Gasteiger partial charge in [-0.1, -0.05) is 44.2 Å². The van der Waals surface area contributed by atoms with Crippen molar-refractivity contribution in [3.63, 3.8) is 0 Å². The molecule has 2 N–H and O–H groups in total. The molecule has 1 rings (SSSR count). The van der Waals surface area contributed by atoms with Gasteiger partial charge < -0.3 is 10.5 Å². The molecule has 0 amide bonds. The first-order valence-corrected chi connectivity index (χ1v) is 5.72. The summed E-state index contributed by atoms with van der Waals surface area (Å²) in [6, 6.07) is 10.1. The zero-order valence-electron chi connectivity index (χ0n) is 11.0. The largest absolute Gasteiger partial charge is 0.468 e. The van der Waals surface area contributed by atoms with Crippen LogP contribution in [-0.2, 0) is 14.9 Å². The van der Waals surface area contributed by atoms with Crippen LogP contribution in [0, 0.1) is 0 Å². The number of nitrogens with two attached hydrogens (primary N) is 1. The molecule has 0 aliphatic heterocycles. The van der Waals surface area contributed by atoms with Crippen LogP contribution in [-0.4, -0.2) is 18.6 Å². The number of carbonyl (C=O) groups excluding carboxylic acids is 1. The van der Waals surface area contributed by atoms with Crippen LogP contribution in [0.4, 0.5) is 0 Å². The molecule has 0 saturated carbocycles. The fourth-order valence-electron chi connectivity index (χ4n) is 2.21. The third-order valence-electron chi connectivity index (χ3n) is 3.02. The van der Waals surface area contributed by atoms with Gasteiger partial charge in [0.15, 0.2) is 0 Å². The molecule has 1 aromatic carbocycles. The number of hydrogen-bond acceptors (Lipinski definition) is 3. The SMILES string of the molecule is COC(=O)C(C)(N)CC(C)(C)c1ccccc1. The first-order valence-electron chi connectivity index (χ1n) is 5.72. The number of ether oxygens (including phenoxy) is 1. The van der Waals surface area contributed by atoms with E-state index in [1.165, 1.54) is 12.7 Å². The molecule has 0 aliphatic rings. The van der Waals surface area contributed by atoms with Crippen molar-refractivity contribution in [3.05, 3.63) is 35.9 Å². The Kier molecular flexibility index (Phi) is 3.94. The highest BCUT2D eigenvalue weighted by atomic mass is 16.5. The predicted octanol–water partition coefficient (Wildman–Crippen LogP) is 2.24. The molecule has 1 unspecified atom stereocenters. The molecule has 0 aromatic heterocycles. The molecule has 0 spiro atoms. The van der Waals surface area contributed by atoms with Gasteiger partial charge in [-0.2, -0.15) is 0 Å². The summed E-state index contributed by atoms with van der Waals surface area (Å²) in [7, 11) is 1.36. The quantitative estimate of drug-likeness (QED) is 0.814. The smallest absolute Gasteiger partial charge is 0.325 e. The molecule has 1 aromatic rings. The molecule has 17 heavy (non-hydrogen) atoms. The minimum atomic E-state index is -0.964. The molecule has 1 atom stereocenters. The summed E-state index contributed by atoms with van der Waals surface area (Å²) in [6.07, 6.45) is 0.538. The number of esters is 1. The van der Waals surface area contributed by atoms with Crippen molar-refractivity contribution in [1.29, 1.82) is 0 Å². The summed E-state index contributed by atoms with van der Waals surface area (Å²) >= 11 is 0. The van der Waals surface area contributed by atoms with E-state index in [1.807, 2.05) is 30.3 Å². The molecule has 0 fully saturated rings. The lowest BCUT2D eigenvalue weighted by Gasteiger charge is -2.33. The first-order chi connectivity index (χ1) is 7.79. The van der Waals surface area contributed by atoms with Crippen molar-refractivity contribution in [1.82, 2.24) is 0 Å². The van der Waals surface area contributed by atoms with Gasteiger partial charge in [-0.15, -0.1) is 0 Å². The van der Waals surface area contributed by atoms with Gasteiger partial charge in [0.2, 0.25) is 0 Å². The summed E-state index contributed by atoms with van der Waals surface area (Å²) in [5, 5.41) is 0. The van der Waals surface area contributed by atoms with E-state index >= 15 is 0 Å². The second-order valence-electron chi connectivity index (χ2n) is 5.34. The van der Waals surface area contributed by atoms with Crippen LogP contribution in [0.3, 0.4) is 0 Å². The molecule has 0 heterocycles. The van der Waals surface area contributed by atoms with Crippen molar-refractivity contribution >= 4 is 5.97 Å². The van der Waals surface area contributed by atoms with Crippen molar-refractivity contribution in [3.8, 4) is 0 Å². The van der Waals surface area contributed by atoms with Crippen LogP contribution in [0.1, 0.15) is 32.8 Å². The summed E-state index contributed by atoms with van der Waals surface area (Å²) < 4.78 is 4.73. The Morgan fingerprint density at radius 2 is 1.76 bits per heavy atom. The summed E-state index contributed by atoms with van der Waals surface area (Å²) in [6.45, 7) is 5.87. The van der Waals surface area contributed by atoms with E-state index in [2.05, 4.69) is 13.8 Å². The van der Waals surface area contributed by atoms with E-state index in [0.717, 1.165) is 0 Å². The Balaban J connectivity index is 2.90. The Bertz CT molecular complexity index is 382. The summed E-state index contributed by atoms with van der Waals surface area (Å²) in [4.78, 5) is 11.6. The topological polar surface area (TPSA) is 52.3 Å². The van der Waals surface area contributed by atoms with E-state index in [9.17, 15) is 4.79 Å². The average molecular weight is 235 g/mol. The van der Waals surface area contributed by atoms with Crippen molar-refractivity contribution in [2.45, 2.75) is 38.1 Å². The van der Waals surface area contributed by atoms with E-state index in [4.69, 9.17) is 10.5 Å². The van der Waals surface area contributed by atoms with Crippen LogP contribution in [0.15, 0.2) is 30.3 Å². The Morgan fingerprint density at radius 3 is 2.24 bits per heavy atom. The Labute approximate surface area is 103 Å². The van der Waals surface area contributed by atoms with E-state index in [0.29, 0.717) is 6.42 Å². The lowest BCUT2D eigenvalue weighted by Crippen LogP contribution is -2.49. The Morgan fingerprint density at radius 1 is 1.24 bits per heavy atom. The molecule has 3 heteroatoms. The van der Waals surface area contributed by atoms with Gasteiger partial charge in [0.05, 0.1) is 7.11 Å². The molecule has 3 nitrogen and oxygen atoms in total. The summed E-state index contributed by atoms with van der Waals surface area (Å²) in [5.41, 5.74) is 6.06.